The van der Waals surface area contributed by atoms with Crippen LogP contribution in [0.4, 0.5) is 0 Å². The smallest absolute Gasteiger partial charge is 0.545 e. The van der Waals surface area contributed by atoms with Gasteiger partial charge in [0.2, 0.25) is 0 Å². The van der Waals surface area contributed by atoms with Crippen LogP contribution in [0.2, 0.25) is 0 Å². The summed E-state index contributed by atoms with van der Waals surface area (Å²) in [5.74, 6) is -0.833. The summed E-state index contributed by atoms with van der Waals surface area (Å²) in [4.78, 5) is 10.7. The van der Waals surface area contributed by atoms with Crippen molar-refractivity contribution in [3.05, 3.63) is 11.6 Å². The molecule has 0 aromatic carbocycles. The lowest BCUT2D eigenvalue weighted by Crippen LogP contribution is -2.29. The van der Waals surface area contributed by atoms with Crippen molar-refractivity contribution in [1.82, 2.24) is 0 Å². The van der Waals surface area contributed by atoms with Crippen molar-refractivity contribution in [1.29, 1.82) is 0 Å². The van der Waals surface area contributed by atoms with Crippen LogP contribution in [0.5, 0.6) is 0 Å². The maximum absolute atomic E-state index is 10.7. The molecule has 0 bridgehead atoms. The second-order valence-corrected chi connectivity index (χ2v) is 3.90. The Hall–Kier alpha value is -0.540. The third-order valence-electron chi connectivity index (χ3n) is 2.23. The minimum absolute atomic E-state index is 0. The quantitative estimate of drug-likeness (QED) is 0.708. The Morgan fingerprint density at radius 3 is 2.40 bits per heavy atom. The van der Waals surface area contributed by atoms with E-state index in [4.69, 9.17) is 5.73 Å². The molecule has 4 heteroatoms. The van der Waals surface area contributed by atoms with Gasteiger partial charge in [0.1, 0.15) is 0 Å². The predicted octanol–water partition coefficient (Wildman–Crippen LogP) is 1.37. The van der Waals surface area contributed by atoms with Crippen molar-refractivity contribution in [2.24, 2.45) is 11.7 Å². The van der Waals surface area contributed by atoms with E-state index in [2.05, 4.69) is 0 Å². The third kappa shape index (κ3) is 7.40. The number of aliphatic carboxylic acids is 1. The molecular weight excluding hydrogens is 214 g/mol. The van der Waals surface area contributed by atoms with Crippen molar-refractivity contribution in [3.63, 3.8) is 0 Å². The number of carboxylic acids is 1. The second kappa shape index (κ2) is 8.74. The zero-order valence-corrected chi connectivity index (χ0v) is 10.5. The van der Waals surface area contributed by atoms with Crippen molar-refractivity contribution in [3.8, 4) is 0 Å². The highest BCUT2D eigenvalue weighted by molar-refractivity contribution is 5.85. The summed E-state index contributed by atoms with van der Waals surface area (Å²) in [6, 6.07) is -0.195. The Morgan fingerprint density at radius 1 is 1.53 bits per heavy atom. The summed E-state index contributed by atoms with van der Waals surface area (Å²) in [5.41, 5.74) is 6.10. The standard InChI is InChI=1S/C11H21NO2.ClH/c1-4-5-6-9(11(13)14)7-10(12)8(2)3;/h7-8,10H,4-6,12H2,1-3H3,(H,13,14);1H/b9-7+;/t10-;/m1./s1. The number of halogens is 1. The first-order valence-corrected chi connectivity index (χ1v) is 5.16. The molecule has 0 aliphatic carbocycles. The van der Waals surface area contributed by atoms with Crippen LogP contribution in [-0.4, -0.2) is 12.0 Å². The van der Waals surface area contributed by atoms with Crippen molar-refractivity contribution in [2.45, 2.75) is 46.1 Å². The Labute approximate surface area is 99.6 Å². The molecule has 0 saturated heterocycles. The lowest BCUT2D eigenvalue weighted by atomic mass is 10.00. The highest BCUT2D eigenvalue weighted by Gasteiger charge is 2.06. The minimum Gasteiger partial charge on any atom is -0.545 e. The Kier molecular flexibility index (Phi) is 9.84. The van der Waals surface area contributed by atoms with Gasteiger partial charge in [0, 0.05) is 6.04 Å². The number of hydrogen-bond acceptors (Lipinski definition) is 3. The van der Waals surface area contributed by atoms with E-state index in [1.807, 2.05) is 20.8 Å². The summed E-state index contributed by atoms with van der Waals surface area (Å²) < 4.78 is 0. The molecule has 0 radical (unpaired) electrons. The average molecular weight is 236 g/mol. The largest absolute Gasteiger partial charge is 1.00 e. The molecule has 0 fully saturated rings. The highest BCUT2D eigenvalue weighted by Crippen LogP contribution is 2.10. The second-order valence-electron chi connectivity index (χ2n) is 3.90. The van der Waals surface area contributed by atoms with Gasteiger partial charge in [-0.3, -0.25) is 0 Å². The van der Waals surface area contributed by atoms with Crippen LogP contribution in [0.25, 0.3) is 0 Å². The van der Waals surface area contributed by atoms with E-state index < -0.39 is 5.97 Å². The lowest BCUT2D eigenvalue weighted by Gasteiger charge is -2.15. The van der Waals surface area contributed by atoms with Crippen LogP contribution >= 0.6 is 12.4 Å². The van der Waals surface area contributed by atoms with Gasteiger partial charge in [0.15, 0.2) is 0 Å². The zero-order valence-electron chi connectivity index (χ0n) is 10.7. The van der Waals surface area contributed by atoms with Gasteiger partial charge in [-0.25, -0.2) is 0 Å². The van der Waals surface area contributed by atoms with Gasteiger partial charge in [-0.15, -0.1) is 12.4 Å². The van der Waals surface area contributed by atoms with Gasteiger partial charge in [-0.05, 0) is 24.3 Å². The van der Waals surface area contributed by atoms with E-state index in [-0.39, 0.29) is 25.8 Å². The Balaban J connectivity index is -0.000000845. The van der Waals surface area contributed by atoms with Crippen LogP contribution < -0.4 is 10.8 Å². The fourth-order valence-electron chi connectivity index (χ4n) is 1.05. The van der Waals surface area contributed by atoms with Crippen molar-refractivity contribution in [2.75, 3.05) is 0 Å². The monoisotopic (exact) mass is 235 g/mol. The molecule has 0 unspecified atom stereocenters. The lowest BCUT2D eigenvalue weighted by molar-refractivity contribution is -0.299. The first-order chi connectivity index (χ1) is 6.49. The predicted molar refractivity (Wildman–Crippen MR) is 63.8 cm³/mol. The first kappa shape index (κ1) is 16.9. The van der Waals surface area contributed by atoms with Gasteiger partial charge < -0.3 is 15.6 Å². The minimum atomic E-state index is -1.09. The molecule has 0 aromatic heterocycles. The van der Waals surface area contributed by atoms with E-state index in [0.29, 0.717) is 12.0 Å². The van der Waals surface area contributed by atoms with Crippen LogP contribution in [0.3, 0.4) is 0 Å². The van der Waals surface area contributed by atoms with Crippen molar-refractivity contribution >= 4 is 18.4 Å². The SMILES string of the molecule is CCCC/C(=C\[C@@H](N)C(C)C)C(=O)[O-].Cl.[H+]. The van der Waals surface area contributed by atoms with Crippen LogP contribution in [0.1, 0.15) is 41.5 Å². The van der Waals surface area contributed by atoms with Crippen LogP contribution in [0, 0.1) is 5.92 Å². The summed E-state index contributed by atoms with van der Waals surface area (Å²) in [5, 5.41) is 10.7. The molecule has 0 aliphatic heterocycles. The number of unbranched alkanes of at least 4 members (excludes halogenated alkanes) is 1. The van der Waals surface area contributed by atoms with Gasteiger partial charge in [-0.1, -0.05) is 33.3 Å². The fraction of sp³-hybridized carbons (Fsp3) is 0.727. The number of carbonyl (C=O) groups excluding carboxylic acids is 1. The molecule has 90 valence electrons. The maximum atomic E-state index is 10.7. The summed E-state index contributed by atoms with van der Waals surface area (Å²) in [7, 11) is 0. The van der Waals surface area contributed by atoms with Gasteiger partial charge in [0.25, 0.3) is 0 Å². The number of rotatable bonds is 6. The van der Waals surface area contributed by atoms with E-state index in [0.717, 1.165) is 12.8 Å². The fourth-order valence-corrected chi connectivity index (χ4v) is 1.05. The normalized spacial score (nSPS) is 13.5. The summed E-state index contributed by atoms with van der Waals surface area (Å²) in [6.07, 6.45) is 4.01. The van der Waals surface area contributed by atoms with Gasteiger partial charge >= 0.3 is 1.43 Å². The van der Waals surface area contributed by atoms with E-state index >= 15 is 0 Å². The molecule has 0 saturated carbocycles. The topological polar surface area (TPSA) is 66.2 Å². The van der Waals surface area contributed by atoms with Gasteiger partial charge in [0.05, 0.1) is 5.97 Å². The zero-order chi connectivity index (χ0) is 11.1. The molecule has 0 rings (SSSR count). The molecule has 3 nitrogen and oxygen atoms in total. The average Bonchev–Trinajstić information content (AvgIpc) is 2.10. The Bertz CT molecular complexity index is 220. The Morgan fingerprint density at radius 2 is 2.07 bits per heavy atom. The first-order valence-electron chi connectivity index (χ1n) is 5.16. The summed E-state index contributed by atoms with van der Waals surface area (Å²) >= 11 is 0. The third-order valence-corrected chi connectivity index (χ3v) is 2.23. The molecule has 2 N–H and O–H groups in total. The molecule has 0 aromatic rings. The van der Waals surface area contributed by atoms with E-state index in [9.17, 15) is 9.90 Å². The maximum Gasteiger partial charge on any atom is 1.00 e. The highest BCUT2D eigenvalue weighted by atomic mass is 35.5. The molecule has 0 aliphatic rings. The molecule has 0 amide bonds. The molecule has 1 atom stereocenters. The number of nitrogens with two attached hydrogens (primary N) is 1. The number of hydrogen-bond donors (Lipinski definition) is 1. The molecule has 0 heterocycles. The summed E-state index contributed by atoms with van der Waals surface area (Å²) in [6.45, 7) is 5.96. The van der Waals surface area contributed by atoms with Gasteiger partial charge in [-0.2, -0.15) is 0 Å². The van der Waals surface area contributed by atoms with Crippen molar-refractivity contribution < 1.29 is 11.3 Å². The van der Waals surface area contributed by atoms with Crippen LogP contribution in [-0.2, 0) is 4.79 Å². The molecule has 15 heavy (non-hydrogen) atoms. The molecular formula is C11H22ClNO2. The number of carboxylic acid groups (broad SMARTS) is 1. The van der Waals surface area contributed by atoms with E-state index in [1.165, 1.54) is 0 Å². The molecule has 0 spiro atoms. The van der Waals surface area contributed by atoms with Crippen LogP contribution in [0.15, 0.2) is 11.6 Å². The number of carbonyl (C=O) groups is 1. The van der Waals surface area contributed by atoms with E-state index in [1.54, 1.807) is 6.08 Å².